The van der Waals surface area contributed by atoms with Crippen molar-refractivity contribution in [3.63, 3.8) is 0 Å². The lowest BCUT2D eigenvalue weighted by Gasteiger charge is -2.06. The topological polar surface area (TPSA) is 9.23 Å². The van der Waals surface area contributed by atoms with Gasteiger partial charge in [0, 0.05) is 9.80 Å². The first-order chi connectivity index (χ1) is 6.24. The van der Waals surface area contributed by atoms with E-state index in [0.29, 0.717) is 0 Å². The summed E-state index contributed by atoms with van der Waals surface area (Å²) in [6.45, 7) is 2.83. The molecule has 72 valence electrons. The minimum Gasteiger partial charge on any atom is -0.494 e. The molecule has 0 aliphatic heterocycles. The van der Waals surface area contributed by atoms with E-state index >= 15 is 0 Å². The highest BCUT2D eigenvalue weighted by Crippen LogP contribution is 2.22. The largest absolute Gasteiger partial charge is 0.494 e. The number of rotatable bonds is 4. The summed E-state index contributed by atoms with van der Waals surface area (Å²) < 4.78 is 6.62. The smallest absolute Gasteiger partial charge is 0.120 e. The third kappa shape index (κ3) is 3.69. The zero-order valence-corrected chi connectivity index (χ0v) is 10.7. The molecule has 0 aliphatic rings. The Morgan fingerprint density at radius 1 is 1.38 bits per heavy atom. The zero-order chi connectivity index (χ0) is 9.68. The van der Waals surface area contributed by atoms with Gasteiger partial charge in [-0.3, -0.25) is 0 Å². The van der Waals surface area contributed by atoms with Gasteiger partial charge in [-0.2, -0.15) is 0 Å². The van der Waals surface area contributed by atoms with Crippen LogP contribution in [0.25, 0.3) is 0 Å². The molecule has 0 aromatic heterocycles. The van der Waals surface area contributed by atoms with Crippen LogP contribution in [0.5, 0.6) is 5.75 Å². The Hall–Kier alpha value is -0.0200. The van der Waals surface area contributed by atoms with Crippen LogP contribution in [0, 0.1) is 6.92 Å². The van der Waals surface area contributed by atoms with Crippen LogP contribution in [-0.4, -0.2) is 11.9 Å². The fourth-order valence-corrected chi connectivity index (χ4v) is 1.49. The van der Waals surface area contributed by atoms with Crippen molar-refractivity contribution in [2.24, 2.45) is 0 Å². The van der Waals surface area contributed by atoms with Crippen molar-refractivity contribution in [1.29, 1.82) is 0 Å². The molecule has 13 heavy (non-hydrogen) atoms. The Bertz CT molecular complexity index is 274. The van der Waals surface area contributed by atoms with Crippen molar-refractivity contribution in [3.05, 3.63) is 28.2 Å². The first kappa shape index (κ1) is 11.1. The second-order valence-corrected chi connectivity index (χ2v) is 4.45. The van der Waals surface area contributed by atoms with E-state index in [4.69, 9.17) is 4.74 Å². The highest BCUT2D eigenvalue weighted by Gasteiger charge is 1.97. The molecule has 1 rings (SSSR count). The molecule has 0 atom stereocenters. The lowest BCUT2D eigenvalue weighted by molar-refractivity contribution is 0.319. The predicted molar refractivity (Wildman–Crippen MR) is 62.8 cm³/mol. The van der Waals surface area contributed by atoms with Gasteiger partial charge in [0.2, 0.25) is 0 Å². The first-order valence-electron chi connectivity index (χ1n) is 4.19. The quantitative estimate of drug-likeness (QED) is 0.605. The molecule has 0 unspecified atom stereocenters. The Morgan fingerprint density at radius 3 is 2.77 bits per heavy atom. The molecule has 0 aliphatic carbocycles. The average Bonchev–Trinajstić information content (AvgIpc) is 2.12. The maximum atomic E-state index is 5.52. The van der Waals surface area contributed by atoms with E-state index in [9.17, 15) is 0 Å². The Balaban J connectivity index is 2.53. The standard InChI is InChI=1S/C10H12Br2O/c1-8-3-4-9(7-10(8)12)13-6-2-5-11/h3-4,7H,2,5-6H2,1H3. The molecule has 0 heterocycles. The van der Waals surface area contributed by atoms with Crippen LogP contribution in [0.4, 0.5) is 0 Å². The van der Waals surface area contributed by atoms with Gasteiger partial charge in [-0.1, -0.05) is 37.9 Å². The minimum absolute atomic E-state index is 0.765. The summed E-state index contributed by atoms with van der Waals surface area (Å²) in [5, 5.41) is 0.986. The fraction of sp³-hybridized carbons (Fsp3) is 0.400. The number of ether oxygens (including phenoxy) is 1. The Kier molecular flexibility index (Phi) is 4.81. The third-order valence-electron chi connectivity index (χ3n) is 1.69. The van der Waals surface area contributed by atoms with Crippen LogP contribution in [-0.2, 0) is 0 Å². The van der Waals surface area contributed by atoms with E-state index in [1.165, 1.54) is 5.56 Å². The number of aryl methyl sites for hydroxylation is 1. The molecule has 0 saturated carbocycles. The van der Waals surface area contributed by atoms with Crippen molar-refractivity contribution in [2.45, 2.75) is 13.3 Å². The zero-order valence-electron chi connectivity index (χ0n) is 7.52. The maximum absolute atomic E-state index is 5.52. The molecular weight excluding hydrogens is 296 g/mol. The molecule has 0 fully saturated rings. The van der Waals surface area contributed by atoms with Crippen LogP contribution in [0.15, 0.2) is 22.7 Å². The van der Waals surface area contributed by atoms with Crippen LogP contribution in [0.2, 0.25) is 0 Å². The molecule has 0 amide bonds. The number of hydrogen-bond acceptors (Lipinski definition) is 1. The van der Waals surface area contributed by atoms with Gasteiger partial charge in [0.15, 0.2) is 0 Å². The van der Waals surface area contributed by atoms with Crippen LogP contribution < -0.4 is 4.74 Å². The number of halogens is 2. The van der Waals surface area contributed by atoms with E-state index in [0.717, 1.165) is 28.6 Å². The second kappa shape index (κ2) is 5.66. The van der Waals surface area contributed by atoms with Crippen LogP contribution >= 0.6 is 31.9 Å². The van der Waals surface area contributed by atoms with Gasteiger partial charge in [-0.05, 0) is 31.0 Å². The van der Waals surface area contributed by atoms with E-state index in [1.54, 1.807) is 0 Å². The highest BCUT2D eigenvalue weighted by atomic mass is 79.9. The normalized spacial score (nSPS) is 10.1. The van der Waals surface area contributed by atoms with Crippen molar-refractivity contribution in [2.75, 3.05) is 11.9 Å². The number of benzene rings is 1. The first-order valence-corrected chi connectivity index (χ1v) is 6.10. The number of alkyl halides is 1. The van der Waals surface area contributed by atoms with Gasteiger partial charge in [0.25, 0.3) is 0 Å². The van der Waals surface area contributed by atoms with Crippen molar-refractivity contribution in [3.8, 4) is 5.75 Å². The molecular formula is C10H12Br2O. The number of hydrogen-bond donors (Lipinski definition) is 0. The molecule has 0 bridgehead atoms. The van der Waals surface area contributed by atoms with Gasteiger partial charge < -0.3 is 4.74 Å². The van der Waals surface area contributed by atoms with E-state index in [1.807, 2.05) is 18.2 Å². The maximum Gasteiger partial charge on any atom is 0.120 e. The Morgan fingerprint density at radius 2 is 2.15 bits per heavy atom. The van der Waals surface area contributed by atoms with Crippen molar-refractivity contribution >= 4 is 31.9 Å². The predicted octanol–water partition coefficient (Wildman–Crippen LogP) is 3.92. The van der Waals surface area contributed by atoms with E-state index in [2.05, 4.69) is 38.8 Å². The van der Waals surface area contributed by atoms with Gasteiger partial charge in [-0.15, -0.1) is 0 Å². The minimum atomic E-state index is 0.765. The van der Waals surface area contributed by atoms with Crippen LogP contribution in [0.1, 0.15) is 12.0 Å². The van der Waals surface area contributed by atoms with Crippen molar-refractivity contribution in [1.82, 2.24) is 0 Å². The van der Waals surface area contributed by atoms with Gasteiger partial charge in [0.1, 0.15) is 5.75 Å². The molecule has 1 aromatic rings. The fourth-order valence-electron chi connectivity index (χ4n) is 0.908. The molecule has 0 N–H and O–H groups in total. The SMILES string of the molecule is Cc1ccc(OCCCBr)cc1Br. The average molecular weight is 308 g/mol. The van der Waals surface area contributed by atoms with Gasteiger partial charge in [0.05, 0.1) is 6.61 Å². The van der Waals surface area contributed by atoms with E-state index in [-0.39, 0.29) is 0 Å². The summed E-state index contributed by atoms with van der Waals surface area (Å²) in [6, 6.07) is 6.05. The molecule has 3 heteroatoms. The highest BCUT2D eigenvalue weighted by molar-refractivity contribution is 9.10. The van der Waals surface area contributed by atoms with Crippen LogP contribution in [0.3, 0.4) is 0 Å². The summed E-state index contributed by atoms with van der Waals surface area (Å²) in [5.74, 6) is 0.929. The third-order valence-corrected chi connectivity index (χ3v) is 3.11. The Labute approximate surface area is 95.7 Å². The summed E-state index contributed by atoms with van der Waals surface area (Å²) in [4.78, 5) is 0. The molecule has 0 saturated heterocycles. The lowest BCUT2D eigenvalue weighted by Crippen LogP contribution is -1.97. The molecule has 0 radical (unpaired) electrons. The van der Waals surface area contributed by atoms with Gasteiger partial charge in [-0.25, -0.2) is 0 Å². The molecule has 0 spiro atoms. The summed E-state index contributed by atoms with van der Waals surface area (Å²) in [6.07, 6.45) is 1.03. The second-order valence-electron chi connectivity index (χ2n) is 2.80. The van der Waals surface area contributed by atoms with E-state index < -0.39 is 0 Å². The summed E-state index contributed by atoms with van der Waals surface area (Å²) >= 11 is 6.83. The van der Waals surface area contributed by atoms with Gasteiger partial charge >= 0.3 is 0 Å². The molecule has 1 aromatic carbocycles. The monoisotopic (exact) mass is 306 g/mol. The molecule has 1 nitrogen and oxygen atoms in total. The van der Waals surface area contributed by atoms with Crippen molar-refractivity contribution < 1.29 is 4.74 Å². The summed E-state index contributed by atoms with van der Waals surface area (Å²) in [7, 11) is 0. The lowest BCUT2D eigenvalue weighted by atomic mass is 10.2. The summed E-state index contributed by atoms with van der Waals surface area (Å²) in [5.41, 5.74) is 1.23.